The van der Waals surface area contributed by atoms with E-state index in [1.807, 2.05) is 0 Å². The molecule has 0 fully saturated rings. The highest BCUT2D eigenvalue weighted by molar-refractivity contribution is 6.21. The summed E-state index contributed by atoms with van der Waals surface area (Å²) >= 11 is 0. The van der Waals surface area contributed by atoms with E-state index in [1.54, 1.807) is 0 Å². The summed E-state index contributed by atoms with van der Waals surface area (Å²) in [5.41, 5.74) is 8.90. The van der Waals surface area contributed by atoms with E-state index < -0.39 is 0 Å². The van der Waals surface area contributed by atoms with Crippen LogP contribution in [0.5, 0.6) is 0 Å². The summed E-state index contributed by atoms with van der Waals surface area (Å²) in [5.74, 6) is 0. The maximum absolute atomic E-state index is 6.35. The highest BCUT2D eigenvalue weighted by Gasteiger charge is 2.19. The van der Waals surface area contributed by atoms with Gasteiger partial charge in [-0.2, -0.15) is 0 Å². The van der Waals surface area contributed by atoms with Crippen LogP contribution < -0.4 is 0 Å². The van der Waals surface area contributed by atoms with Crippen molar-refractivity contribution in [3.05, 3.63) is 146 Å². The van der Waals surface area contributed by atoms with Crippen molar-refractivity contribution in [1.29, 1.82) is 0 Å². The van der Waals surface area contributed by atoms with Gasteiger partial charge in [0, 0.05) is 43.7 Å². The van der Waals surface area contributed by atoms with Crippen LogP contribution in [0.4, 0.5) is 0 Å². The van der Waals surface area contributed by atoms with Gasteiger partial charge in [-0.25, -0.2) is 0 Å². The number of fused-ring (bicyclic) bond motifs is 11. The Morgan fingerprint density at radius 2 is 0.953 bits per heavy atom. The maximum atomic E-state index is 6.35. The molecule has 3 aromatic heterocycles. The zero-order valence-corrected chi connectivity index (χ0v) is 23.2. The highest BCUT2D eigenvalue weighted by atomic mass is 16.3. The lowest BCUT2D eigenvalue weighted by Gasteiger charge is -2.10. The molecule has 0 unspecified atom stereocenters. The number of aromatic nitrogens is 2. The molecule has 0 saturated carbocycles. The minimum atomic E-state index is 0.905. The average molecular weight is 549 g/mol. The second-order valence-electron chi connectivity index (χ2n) is 11.4. The molecular weight excluding hydrogens is 524 g/mol. The minimum Gasteiger partial charge on any atom is -0.456 e. The van der Waals surface area contributed by atoms with Crippen molar-refractivity contribution in [3.63, 3.8) is 0 Å². The van der Waals surface area contributed by atoms with Crippen LogP contribution in [0, 0.1) is 0 Å². The molecule has 3 heteroatoms. The Morgan fingerprint density at radius 3 is 1.70 bits per heavy atom. The Bertz CT molecular complexity index is 2720. The number of rotatable bonds is 2. The van der Waals surface area contributed by atoms with Crippen LogP contribution in [0.25, 0.3) is 87.7 Å². The summed E-state index contributed by atoms with van der Waals surface area (Å²) in [6.45, 7) is 0. The van der Waals surface area contributed by atoms with Gasteiger partial charge >= 0.3 is 0 Å². The predicted molar refractivity (Wildman–Crippen MR) is 180 cm³/mol. The van der Waals surface area contributed by atoms with Crippen LogP contribution in [-0.2, 0) is 0 Å². The molecule has 0 N–H and O–H groups in total. The summed E-state index contributed by atoms with van der Waals surface area (Å²) in [4.78, 5) is 0. The van der Waals surface area contributed by atoms with Crippen molar-refractivity contribution < 1.29 is 4.42 Å². The van der Waals surface area contributed by atoms with E-state index in [4.69, 9.17) is 4.42 Å². The lowest BCUT2D eigenvalue weighted by molar-refractivity contribution is 0.669. The molecule has 7 aromatic carbocycles. The van der Waals surface area contributed by atoms with Crippen molar-refractivity contribution in [1.82, 2.24) is 9.13 Å². The summed E-state index contributed by atoms with van der Waals surface area (Å²) in [6, 6.07) is 52.3. The van der Waals surface area contributed by atoms with Crippen LogP contribution in [0.15, 0.2) is 150 Å². The van der Waals surface area contributed by atoms with Gasteiger partial charge in [-0.1, -0.05) is 84.9 Å². The van der Waals surface area contributed by atoms with Crippen molar-refractivity contribution in [2.45, 2.75) is 0 Å². The van der Waals surface area contributed by atoms with Gasteiger partial charge in [0.25, 0.3) is 0 Å². The predicted octanol–water partition coefficient (Wildman–Crippen LogP) is 10.9. The minimum absolute atomic E-state index is 0.905. The molecular formula is C40H24N2O. The van der Waals surface area contributed by atoms with Crippen molar-refractivity contribution in [2.24, 2.45) is 0 Å². The van der Waals surface area contributed by atoms with Gasteiger partial charge in [0.05, 0.1) is 22.1 Å². The van der Waals surface area contributed by atoms with Crippen molar-refractivity contribution in [3.8, 4) is 11.4 Å². The second kappa shape index (κ2) is 8.37. The molecule has 10 rings (SSSR count). The third-order valence-corrected chi connectivity index (χ3v) is 9.08. The summed E-state index contributed by atoms with van der Waals surface area (Å²) < 4.78 is 11.2. The molecule has 0 radical (unpaired) electrons. The first kappa shape index (κ1) is 22.8. The second-order valence-corrected chi connectivity index (χ2v) is 11.4. The molecule has 0 amide bonds. The van der Waals surface area contributed by atoms with Gasteiger partial charge in [-0.05, 0) is 71.4 Å². The van der Waals surface area contributed by atoms with Gasteiger partial charge in [-0.15, -0.1) is 0 Å². The molecule has 3 heterocycles. The topological polar surface area (TPSA) is 23.0 Å². The SMILES string of the molecule is c1ccc(-n2c3ccccc3c3cc4c5ccccc5n(-c5ccc6oc7ccc8ccccc8c7c6c5)c4cc32)cc1. The smallest absolute Gasteiger partial charge is 0.136 e. The molecule has 0 spiro atoms. The molecule has 3 nitrogen and oxygen atoms in total. The average Bonchev–Trinajstić information content (AvgIpc) is 3.71. The van der Waals surface area contributed by atoms with Crippen LogP contribution in [0.1, 0.15) is 0 Å². The monoisotopic (exact) mass is 548 g/mol. The summed E-state index contributed by atoms with van der Waals surface area (Å²) in [5, 5.41) is 9.76. The molecule has 0 saturated heterocycles. The standard InChI is InChI=1S/C40H24N2O/c1-2-11-26(12-3-1)41-34-16-8-6-14-29(34)31-23-32-30-15-7-9-17-35(30)42(37(32)24-36(31)41)27-19-21-38-33(22-27)40-28-13-5-4-10-25(28)18-20-39(40)43-38/h1-24H. The Labute approximate surface area is 246 Å². The van der Waals surface area contributed by atoms with E-state index in [9.17, 15) is 0 Å². The van der Waals surface area contributed by atoms with E-state index in [1.165, 1.54) is 59.8 Å². The molecule has 0 bridgehead atoms. The molecule has 10 aromatic rings. The maximum Gasteiger partial charge on any atom is 0.136 e. The van der Waals surface area contributed by atoms with Gasteiger partial charge in [0.1, 0.15) is 11.2 Å². The highest BCUT2D eigenvalue weighted by Crippen LogP contribution is 2.41. The lowest BCUT2D eigenvalue weighted by atomic mass is 10.0. The fourth-order valence-electron chi connectivity index (χ4n) is 7.24. The number of nitrogens with zero attached hydrogens (tertiary/aromatic N) is 2. The first-order valence-electron chi connectivity index (χ1n) is 14.7. The van der Waals surface area contributed by atoms with Crippen molar-refractivity contribution in [2.75, 3.05) is 0 Å². The van der Waals surface area contributed by atoms with E-state index in [0.29, 0.717) is 0 Å². The molecule has 0 aliphatic heterocycles. The molecule has 0 aliphatic carbocycles. The Morgan fingerprint density at radius 1 is 0.349 bits per heavy atom. The van der Waals surface area contributed by atoms with Crippen LogP contribution in [-0.4, -0.2) is 9.13 Å². The normalized spacial score (nSPS) is 12.2. The summed E-state index contributed by atoms with van der Waals surface area (Å²) in [6.07, 6.45) is 0. The Balaban J connectivity index is 1.35. The third kappa shape index (κ3) is 3.08. The number of para-hydroxylation sites is 3. The van der Waals surface area contributed by atoms with Gasteiger partial charge in [0.2, 0.25) is 0 Å². The molecule has 43 heavy (non-hydrogen) atoms. The van der Waals surface area contributed by atoms with Gasteiger partial charge in [-0.3, -0.25) is 0 Å². The molecule has 0 atom stereocenters. The lowest BCUT2D eigenvalue weighted by Crippen LogP contribution is -1.95. The zero-order chi connectivity index (χ0) is 28.1. The number of hydrogen-bond acceptors (Lipinski definition) is 1. The Kier molecular flexibility index (Phi) is 4.45. The van der Waals surface area contributed by atoms with Crippen LogP contribution in [0.2, 0.25) is 0 Å². The third-order valence-electron chi connectivity index (χ3n) is 9.08. The van der Waals surface area contributed by atoms with E-state index in [0.717, 1.165) is 27.9 Å². The van der Waals surface area contributed by atoms with Gasteiger partial charge < -0.3 is 13.6 Å². The van der Waals surface area contributed by atoms with E-state index in [2.05, 4.69) is 155 Å². The fourth-order valence-corrected chi connectivity index (χ4v) is 7.24. The van der Waals surface area contributed by atoms with Crippen LogP contribution in [0.3, 0.4) is 0 Å². The van der Waals surface area contributed by atoms with Crippen molar-refractivity contribution >= 4 is 76.3 Å². The van der Waals surface area contributed by atoms with Crippen LogP contribution >= 0.6 is 0 Å². The largest absolute Gasteiger partial charge is 0.456 e. The zero-order valence-electron chi connectivity index (χ0n) is 23.2. The van der Waals surface area contributed by atoms with E-state index >= 15 is 0 Å². The number of hydrogen-bond donors (Lipinski definition) is 0. The number of benzene rings is 7. The van der Waals surface area contributed by atoms with E-state index in [-0.39, 0.29) is 0 Å². The molecule has 0 aliphatic rings. The number of furan rings is 1. The fraction of sp³-hybridized carbons (Fsp3) is 0. The Hall–Kier alpha value is -5.80. The first-order chi connectivity index (χ1) is 21.3. The van der Waals surface area contributed by atoms with Gasteiger partial charge in [0.15, 0.2) is 0 Å². The quantitative estimate of drug-likeness (QED) is 0.211. The first-order valence-corrected chi connectivity index (χ1v) is 14.7. The molecule has 200 valence electrons. The summed E-state index contributed by atoms with van der Waals surface area (Å²) in [7, 11) is 0.